The second-order valence-corrected chi connectivity index (χ2v) is 6.70. The summed E-state index contributed by atoms with van der Waals surface area (Å²) < 4.78 is 26.1. The number of anilines is 1. The largest absolute Gasteiger partial charge is 0.326 e. The van der Waals surface area contributed by atoms with Gasteiger partial charge in [0, 0.05) is 18.2 Å². The van der Waals surface area contributed by atoms with Gasteiger partial charge < -0.3 is 5.32 Å². The summed E-state index contributed by atoms with van der Waals surface area (Å²) in [6, 6.07) is 10.6. The summed E-state index contributed by atoms with van der Waals surface area (Å²) in [5.74, 6) is -0.883. The number of halogens is 3. The first kappa shape index (κ1) is 17.8. The molecule has 1 amide bonds. The number of carbonyl (C=O) groups is 1. The number of amides is 1. The van der Waals surface area contributed by atoms with Gasteiger partial charge in [-0.25, -0.2) is 8.78 Å². The third kappa shape index (κ3) is 4.77. The number of likely N-dealkylation sites (tertiary alicyclic amines) is 1. The highest BCUT2D eigenvalue weighted by atomic mass is 35.5. The van der Waals surface area contributed by atoms with Gasteiger partial charge in [0.1, 0.15) is 11.6 Å². The van der Waals surface area contributed by atoms with E-state index in [9.17, 15) is 13.6 Å². The lowest BCUT2D eigenvalue weighted by molar-refractivity contribution is -0.121. The summed E-state index contributed by atoms with van der Waals surface area (Å²) in [4.78, 5) is 14.6. The molecule has 3 rings (SSSR count). The van der Waals surface area contributed by atoms with Crippen molar-refractivity contribution in [1.82, 2.24) is 4.90 Å². The first-order valence-electron chi connectivity index (χ1n) is 8.24. The average molecular weight is 365 g/mol. The fourth-order valence-corrected chi connectivity index (χ4v) is 3.20. The molecule has 2 aromatic carbocycles. The van der Waals surface area contributed by atoms with Gasteiger partial charge in [0.25, 0.3) is 0 Å². The molecule has 2 aromatic rings. The standard InChI is InChI=1S/C19H19ClF2N2O/c20-17-11-16(5-6-18(17)22)23-19(25)14-7-9-24(10-8-14)12-13-1-3-15(21)4-2-13/h1-6,11,14H,7-10,12H2,(H,23,25). The van der Waals surface area contributed by atoms with Crippen molar-refractivity contribution in [3.8, 4) is 0 Å². The van der Waals surface area contributed by atoms with Gasteiger partial charge in [-0.3, -0.25) is 9.69 Å². The monoisotopic (exact) mass is 364 g/mol. The second kappa shape index (κ2) is 7.93. The molecule has 132 valence electrons. The summed E-state index contributed by atoms with van der Waals surface area (Å²) in [7, 11) is 0. The molecular formula is C19H19ClF2N2O. The van der Waals surface area contributed by atoms with Crippen molar-refractivity contribution in [3.05, 3.63) is 64.7 Å². The lowest BCUT2D eigenvalue weighted by Crippen LogP contribution is -2.37. The smallest absolute Gasteiger partial charge is 0.227 e. The van der Waals surface area contributed by atoms with Crippen molar-refractivity contribution in [2.24, 2.45) is 5.92 Å². The van der Waals surface area contributed by atoms with Gasteiger partial charge in [-0.1, -0.05) is 23.7 Å². The van der Waals surface area contributed by atoms with E-state index in [0.29, 0.717) is 5.69 Å². The summed E-state index contributed by atoms with van der Waals surface area (Å²) in [5.41, 5.74) is 1.57. The molecule has 25 heavy (non-hydrogen) atoms. The fraction of sp³-hybridized carbons (Fsp3) is 0.316. The highest BCUT2D eigenvalue weighted by molar-refractivity contribution is 6.31. The van der Waals surface area contributed by atoms with Crippen LogP contribution in [0.5, 0.6) is 0 Å². The van der Waals surface area contributed by atoms with Gasteiger partial charge in [0.15, 0.2) is 0 Å². The number of carbonyl (C=O) groups excluding carboxylic acids is 1. The van der Waals surface area contributed by atoms with Gasteiger partial charge in [-0.2, -0.15) is 0 Å². The Kier molecular flexibility index (Phi) is 5.66. The zero-order valence-electron chi connectivity index (χ0n) is 13.6. The van der Waals surface area contributed by atoms with Crippen LogP contribution in [0.3, 0.4) is 0 Å². The van der Waals surface area contributed by atoms with E-state index >= 15 is 0 Å². The molecule has 0 saturated carbocycles. The van der Waals surface area contributed by atoms with Crippen molar-refractivity contribution in [1.29, 1.82) is 0 Å². The van der Waals surface area contributed by atoms with Crippen LogP contribution in [0.4, 0.5) is 14.5 Å². The van der Waals surface area contributed by atoms with Crippen LogP contribution in [0.25, 0.3) is 0 Å². The van der Waals surface area contributed by atoms with Crippen molar-refractivity contribution in [2.75, 3.05) is 18.4 Å². The van der Waals surface area contributed by atoms with E-state index in [0.717, 1.165) is 38.0 Å². The third-order valence-corrected chi connectivity index (χ3v) is 4.75. The highest BCUT2D eigenvalue weighted by Crippen LogP contribution is 2.23. The summed E-state index contributed by atoms with van der Waals surface area (Å²) in [6.07, 6.45) is 1.50. The Hall–Kier alpha value is -1.98. The maximum atomic E-state index is 13.2. The van der Waals surface area contributed by atoms with Crippen LogP contribution in [0.2, 0.25) is 5.02 Å². The predicted octanol–water partition coefficient (Wildman–Crippen LogP) is 4.47. The van der Waals surface area contributed by atoms with Gasteiger partial charge in [0.05, 0.1) is 5.02 Å². The Morgan fingerprint density at radius 3 is 2.44 bits per heavy atom. The predicted molar refractivity (Wildman–Crippen MR) is 94.4 cm³/mol. The number of piperidine rings is 1. The maximum Gasteiger partial charge on any atom is 0.227 e. The number of hydrogen-bond acceptors (Lipinski definition) is 2. The lowest BCUT2D eigenvalue weighted by atomic mass is 9.95. The minimum Gasteiger partial charge on any atom is -0.326 e. The average Bonchev–Trinajstić information content (AvgIpc) is 2.61. The fourth-order valence-electron chi connectivity index (χ4n) is 3.02. The molecule has 1 saturated heterocycles. The van der Waals surface area contributed by atoms with E-state index in [1.807, 2.05) is 0 Å². The molecular weight excluding hydrogens is 346 g/mol. The first-order chi connectivity index (χ1) is 12.0. The Morgan fingerprint density at radius 2 is 1.80 bits per heavy atom. The van der Waals surface area contributed by atoms with E-state index in [1.54, 1.807) is 12.1 Å². The van der Waals surface area contributed by atoms with Gasteiger partial charge in [-0.15, -0.1) is 0 Å². The summed E-state index contributed by atoms with van der Waals surface area (Å²) in [5, 5.41) is 2.79. The van der Waals surface area contributed by atoms with Crippen LogP contribution in [0, 0.1) is 17.6 Å². The molecule has 1 N–H and O–H groups in total. The van der Waals surface area contributed by atoms with Crippen LogP contribution < -0.4 is 5.32 Å². The highest BCUT2D eigenvalue weighted by Gasteiger charge is 2.25. The molecule has 0 radical (unpaired) electrons. The normalized spacial score (nSPS) is 16.0. The molecule has 0 atom stereocenters. The Bertz CT molecular complexity index is 744. The van der Waals surface area contributed by atoms with E-state index < -0.39 is 5.82 Å². The Labute approximate surface area is 150 Å². The van der Waals surface area contributed by atoms with Crippen molar-refractivity contribution < 1.29 is 13.6 Å². The molecule has 1 aliphatic heterocycles. The van der Waals surface area contributed by atoms with Crippen molar-refractivity contribution in [3.63, 3.8) is 0 Å². The maximum absolute atomic E-state index is 13.2. The SMILES string of the molecule is O=C(Nc1ccc(F)c(Cl)c1)C1CCN(Cc2ccc(F)cc2)CC1. The minimum atomic E-state index is -0.506. The third-order valence-electron chi connectivity index (χ3n) is 4.46. The van der Waals surface area contributed by atoms with Gasteiger partial charge >= 0.3 is 0 Å². The number of benzene rings is 2. The lowest BCUT2D eigenvalue weighted by Gasteiger charge is -2.31. The molecule has 1 heterocycles. The number of hydrogen-bond donors (Lipinski definition) is 1. The second-order valence-electron chi connectivity index (χ2n) is 6.30. The van der Waals surface area contributed by atoms with Gasteiger partial charge in [0.2, 0.25) is 5.91 Å². The number of nitrogens with zero attached hydrogens (tertiary/aromatic N) is 1. The first-order valence-corrected chi connectivity index (χ1v) is 8.62. The van der Waals surface area contributed by atoms with E-state index in [2.05, 4.69) is 10.2 Å². The van der Waals surface area contributed by atoms with E-state index in [-0.39, 0.29) is 22.7 Å². The zero-order valence-corrected chi connectivity index (χ0v) is 14.4. The quantitative estimate of drug-likeness (QED) is 0.868. The van der Waals surface area contributed by atoms with Crippen molar-refractivity contribution >= 4 is 23.2 Å². The van der Waals surface area contributed by atoms with Crippen LogP contribution >= 0.6 is 11.6 Å². The molecule has 1 fully saturated rings. The minimum absolute atomic E-state index is 0.00748. The zero-order chi connectivity index (χ0) is 17.8. The van der Waals surface area contributed by atoms with Crippen LogP contribution in [-0.2, 0) is 11.3 Å². The molecule has 0 aliphatic carbocycles. The van der Waals surface area contributed by atoms with Crippen LogP contribution in [0.15, 0.2) is 42.5 Å². The topological polar surface area (TPSA) is 32.3 Å². The molecule has 0 spiro atoms. The van der Waals surface area contributed by atoms with Crippen molar-refractivity contribution in [2.45, 2.75) is 19.4 Å². The molecule has 6 heteroatoms. The molecule has 0 unspecified atom stereocenters. The molecule has 0 bridgehead atoms. The summed E-state index contributed by atoms with van der Waals surface area (Å²) in [6.45, 7) is 2.36. The number of nitrogens with one attached hydrogen (secondary N) is 1. The van der Waals surface area contributed by atoms with E-state index in [4.69, 9.17) is 11.6 Å². The summed E-state index contributed by atoms with van der Waals surface area (Å²) >= 11 is 5.73. The molecule has 1 aliphatic rings. The van der Waals surface area contributed by atoms with Crippen LogP contribution in [-0.4, -0.2) is 23.9 Å². The van der Waals surface area contributed by atoms with Gasteiger partial charge in [-0.05, 0) is 61.8 Å². The van der Waals surface area contributed by atoms with Crippen LogP contribution in [0.1, 0.15) is 18.4 Å². The molecule has 0 aromatic heterocycles. The Balaban J connectivity index is 1.50. The number of rotatable bonds is 4. The Morgan fingerprint density at radius 1 is 1.12 bits per heavy atom. The molecule has 3 nitrogen and oxygen atoms in total. The van der Waals surface area contributed by atoms with E-state index in [1.165, 1.54) is 30.3 Å².